The van der Waals surface area contributed by atoms with Crippen LogP contribution in [0.25, 0.3) is 0 Å². The molecule has 2 aliphatic carbocycles. The van der Waals surface area contributed by atoms with Crippen molar-refractivity contribution in [2.45, 2.75) is 36.6 Å². The van der Waals surface area contributed by atoms with Gasteiger partial charge in [-0.05, 0) is 49.3 Å². The van der Waals surface area contributed by atoms with Gasteiger partial charge in [0.25, 0.3) is 0 Å². The second-order valence-corrected chi connectivity index (χ2v) is 7.71. The Bertz CT molecular complexity index is 603. The van der Waals surface area contributed by atoms with Crippen LogP contribution in [0.5, 0.6) is 0 Å². The van der Waals surface area contributed by atoms with E-state index in [9.17, 15) is 8.42 Å². The maximum absolute atomic E-state index is 12.3. The summed E-state index contributed by atoms with van der Waals surface area (Å²) in [6, 6.07) is 4.51. The van der Waals surface area contributed by atoms with Crippen molar-refractivity contribution < 1.29 is 8.42 Å². The number of anilines is 1. The van der Waals surface area contributed by atoms with Crippen molar-refractivity contribution in [2.24, 2.45) is 11.8 Å². The minimum atomic E-state index is -3.49. The Morgan fingerprint density at radius 3 is 2.63 bits per heavy atom. The van der Waals surface area contributed by atoms with E-state index in [1.54, 1.807) is 0 Å². The molecule has 4 nitrogen and oxygen atoms in total. The lowest BCUT2D eigenvalue weighted by atomic mass is 9.96. The fourth-order valence-corrected chi connectivity index (χ4v) is 4.82. The number of sulfonamides is 1. The van der Waals surface area contributed by atoms with Gasteiger partial charge in [0, 0.05) is 6.04 Å². The van der Waals surface area contributed by atoms with Crippen LogP contribution in [-0.2, 0) is 10.0 Å². The molecule has 1 aromatic rings. The fraction of sp³-hybridized carbons (Fsp3) is 0.538. The molecule has 0 heterocycles. The average molecular weight is 301 g/mol. The van der Waals surface area contributed by atoms with Crippen molar-refractivity contribution in [2.75, 3.05) is 5.73 Å². The van der Waals surface area contributed by atoms with Gasteiger partial charge in [-0.3, -0.25) is 0 Å². The standard InChI is InChI=1S/C13H17ClN2O2S/c14-11-4-3-10(7-12(11)15)19(17,18)16-13-6-8-1-2-9(13)5-8/h3-4,7-9,13,16H,1-2,5-6,15H2. The molecule has 0 aromatic heterocycles. The summed E-state index contributed by atoms with van der Waals surface area (Å²) in [5.41, 5.74) is 5.95. The molecule has 19 heavy (non-hydrogen) atoms. The van der Waals surface area contributed by atoms with Crippen LogP contribution in [0.15, 0.2) is 23.1 Å². The van der Waals surface area contributed by atoms with Crippen molar-refractivity contribution in [1.82, 2.24) is 4.72 Å². The third-order valence-electron chi connectivity index (χ3n) is 4.32. The lowest BCUT2D eigenvalue weighted by Crippen LogP contribution is -2.38. The number of hydrogen-bond donors (Lipinski definition) is 2. The summed E-state index contributed by atoms with van der Waals surface area (Å²) in [5.74, 6) is 1.21. The predicted octanol–water partition coefficient (Wildman–Crippen LogP) is 2.39. The highest BCUT2D eigenvalue weighted by molar-refractivity contribution is 7.89. The molecule has 2 saturated carbocycles. The number of benzene rings is 1. The maximum Gasteiger partial charge on any atom is 0.240 e. The van der Waals surface area contributed by atoms with E-state index in [0.29, 0.717) is 16.9 Å². The molecule has 0 spiro atoms. The van der Waals surface area contributed by atoms with E-state index in [1.165, 1.54) is 24.6 Å². The first-order chi connectivity index (χ1) is 8.95. The number of halogens is 1. The van der Waals surface area contributed by atoms with Crippen molar-refractivity contribution in [3.8, 4) is 0 Å². The van der Waals surface area contributed by atoms with Gasteiger partial charge in [-0.25, -0.2) is 13.1 Å². The van der Waals surface area contributed by atoms with Gasteiger partial charge in [-0.15, -0.1) is 0 Å². The zero-order chi connectivity index (χ0) is 13.6. The summed E-state index contributed by atoms with van der Waals surface area (Å²) < 4.78 is 27.5. The molecule has 3 N–H and O–H groups in total. The maximum atomic E-state index is 12.3. The largest absolute Gasteiger partial charge is 0.397 e. The van der Waals surface area contributed by atoms with Crippen LogP contribution in [-0.4, -0.2) is 14.5 Å². The summed E-state index contributed by atoms with van der Waals surface area (Å²) in [6.07, 6.45) is 4.51. The first-order valence-electron chi connectivity index (χ1n) is 6.53. The van der Waals surface area contributed by atoms with E-state index in [4.69, 9.17) is 17.3 Å². The molecular weight excluding hydrogens is 284 g/mol. The number of rotatable bonds is 3. The number of nitrogens with two attached hydrogens (primary N) is 1. The third kappa shape index (κ3) is 2.47. The Labute approximate surface area is 118 Å². The molecule has 2 aliphatic rings. The third-order valence-corrected chi connectivity index (χ3v) is 6.15. The van der Waals surface area contributed by atoms with E-state index >= 15 is 0 Å². The summed E-state index contributed by atoms with van der Waals surface area (Å²) >= 11 is 5.81. The summed E-state index contributed by atoms with van der Waals surface area (Å²) in [5, 5.41) is 0.374. The molecule has 2 fully saturated rings. The van der Waals surface area contributed by atoms with Crippen molar-refractivity contribution in [1.29, 1.82) is 0 Å². The minimum Gasteiger partial charge on any atom is -0.397 e. The summed E-state index contributed by atoms with van der Waals surface area (Å²) in [6.45, 7) is 0. The molecule has 0 radical (unpaired) electrons. The number of nitrogen functional groups attached to an aromatic ring is 1. The lowest BCUT2D eigenvalue weighted by molar-refractivity contribution is 0.390. The SMILES string of the molecule is Nc1cc(S(=O)(=O)NC2CC3CCC2C3)ccc1Cl. The van der Waals surface area contributed by atoms with Gasteiger partial charge in [0.2, 0.25) is 10.0 Å². The Morgan fingerprint density at radius 1 is 1.26 bits per heavy atom. The molecular formula is C13H17ClN2O2S. The van der Waals surface area contributed by atoms with Gasteiger partial charge in [0.05, 0.1) is 15.6 Å². The van der Waals surface area contributed by atoms with Gasteiger partial charge in [0.1, 0.15) is 0 Å². The van der Waals surface area contributed by atoms with E-state index in [2.05, 4.69) is 4.72 Å². The van der Waals surface area contributed by atoms with Gasteiger partial charge in [-0.2, -0.15) is 0 Å². The molecule has 3 atom stereocenters. The molecule has 3 rings (SSSR count). The molecule has 6 heteroatoms. The van der Waals surface area contributed by atoms with Crippen LogP contribution in [0, 0.1) is 11.8 Å². The van der Waals surface area contributed by atoms with Crippen LogP contribution in [0.1, 0.15) is 25.7 Å². The van der Waals surface area contributed by atoms with E-state index in [0.717, 1.165) is 19.3 Å². The second-order valence-electron chi connectivity index (χ2n) is 5.59. The summed E-state index contributed by atoms with van der Waals surface area (Å²) in [7, 11) is -3.49. The Balaban J connectivity index is 1.80. The highest BCUT2D eigenvalue weighted by Crippen LogP contribution is 2.44. The van der Waals surface area contributed by atoms with E-state index in [-0.39, 0.29) is 16.6 Å². The first-order valence-corrected chi connectivity index (χ1v) is 8.39. The molecule has 0 saturated heterocycles. The highest BCUT2D eigenvalue weighted by atomic mass is 35.5. The normalized spacial score (nSPS) is 29.8. The zero-order valence-electron chi connectivity index (χ0n) is 10.5. The van der Waals surface area contributed by atoms with Gasteiger partial charge >= 0.3 is 0 Å². The van der Waals surface area contributed by atoms with Crippen LogP contribution >= 0.6 is 11.6 Å². The fourth-order valence-electron chi connectivity index (χ4n) is 3.35. The van der Waals surface area contributed by atoms with Crippen molar-refractivity contribution in [3.05, 3.63) is 23.2 Å². The molecule has 2 bridgehead atoms. The lowest BCUT2D eigenvalue weighted by Gasteiger charge is -2.22. The van der Waals surface area contributed by atoms with Gasteiger partial charge in [-0.1, -0.05) is 18.0 Å². The minimum absolute atomic E-state index is 0.0839. The average Bonchev–Trinajstić information content (AvgIpc) is 2.94. The molecule has 1 aromatic carbocycles. The molecule has 104 valence electrons. The molecule has 3 unspecified atom stereocenters. The van der Waals surface area contributed by atoms with Crippen molar-refractivity contribution in [3.63, 3.8) is 0 Å². The van der Waals surface area contributed by atoms with E-state index < -0.39 is 10.0 Å². The smallest absolute Gasteiger partial charge is 0.240 e. The highest BCUT2D eigenvalue weighted by Gasteiger charge is 2.41. The Hall–Kier alpha value is -0.780. The van der Waals surface area contributed by atoms with Crippen molar-refractivity contribution >= 4 is 27.3 Å². The summed E-state index contributed by atoms with van der Waals surface area (Å²) in [4.78, 5) is 0.192. The topological polar surface area (TPSA) is 72.2 Å². The van der Waals surface area contributed by atoms with E-state index in [1.807, 2.05) is 0 Å². The Kier molecular flexibility index (Phi) is 3.23. The monoisotopic (exact) mass is 300 g/mol. The van der Waals surface area contributed by atoms with Crippen LogP contribution in [0.2, 0.25) is 5.02 Å². The van der Waals surface area contributed by atoms with Gasteiger partial charge in [0.15, 0.2) is 0 Å². The quantitative estimate of drug-likeness (QED) is 0.842. The zero-order valence-corrected chi connectivity index (χ0v) is 12.0. The van der Waals surface area contributed by atoms with Crippen LogP contribution in [0.3, 0.4) is 0 Å². The first kappa shape index (κ1) is 13.2. The molecule has 0 amide bonds. The second kappa shape index (κ2) is 4.65. The Morgan fingerprint density at radius 2 is 2.05 bits per heavy atom. The predicted molar refractivity (Wildman–Crippen MR) is 75.4 cm³/mol. The number of fused-ring (bicyclic) bond motifs is 2. The number of nitrogens with one attached hydrogen (secondary N) is 1. The van der Waals surface area contributed by atoms with Gasteiger partial charge < -0.3 is 5.73 Å². The van der Waals surface area contributed by atoms with Crippen LogP contribution < -0.4 is 10.5 Å². The number of hydrogen-bond acceptors (Lipinski definition) is 3. The van der Waals surface area contributed by atoms with Crippen LogP contribution in [0.4, 0.5) is 5.69 Å². The molecule has 0 aliphatic heterocycles.